The smallest absolute Gasteiger partial charge is 0.264 e. The summed E-state index contributed by atoms with van der Waals surface area (Å²) in [7, 11) is 0. The summed E-state index contributed by atoms with van der Waals surface area (Å²) in [6.07, 6.45) is 5.59. The van der Waals surface area contributed by atoms with Crippen molar-refractivity contribution in [2.75, 3.05) is 0 Å². The molecular formula is C16H25IN2O. The highest BCUT2D eigenvalue weighted by molar-refractivity contribution is 14.1. The second-order valence-corrected chi connectivity index (χ2v) is 8.33. The minimum absolute atomic E-state index is 0.0380. The molecule has 0 aliphatic heterocycles. The van der Waals surface area contributed by atoms with Crippen LogP contribution in [0, 0.1) is 14.9 Å². The highest BCUT2D eigenvalue weighted by Crippen LogP contribution is 2.41. The highest BCUT2D eigenvalue weighted by atomic mass is 127. The number of hydrogen-bond acceptors (Lipinski definition) is 2. The zero-order valence-corrected chi connectivity index (χ0v) is 15.1. The Morgan fingerprint density at radius 2 is 1.95 bits per heavy atom. The standard InChI is InChI=1S/C16H25IN2O/c1-10(2)9-12-13(17)15(20)19-14(18-12)11-5-7-16(3,4)8-6-11/h10-11H,5-9H2,1-4H3,(H,18,19,20). The van der Waals surface area contributed by atoms with Crippen molar-refractivity contribution in [3.8, 4) is 0 Å². The molecule has 1 fully saturated rings. The number of hydrogen-bond donors (Lipinski definition) is 1. The maximum Gasteiger partial charge on any atom is 0.264 e. The Labute approximate surface area is 135 Å². The van der Waals surface area contributed by atoms with Gasteiger partial charge in [-0.25, -0.2) is 4.98 Å². The van der Waals surface area contributed by atoms with Gasteiger partial charge in [-0.1, -0.05) is 27.7 Å². The van der Waals surface area contributed by atoms with Crippen LogP contribution in [-0.4, -0.2) is 9.97 Å². The van der Waals surface area contributed by atoms with Crippen molar-refractivity contribution in [2.45, 2.75) is 65.7 Å². The van der Waals surface area contributed by atoms with Gasteiger partial charge in [0.2, 0.25) is 0 Å². The number of H-pyrrole nitrogens is 1. The number of halogens is 1. The largest absolute Gasteiger partial charge is 0.309 e. The molecule has 0 bridgehead atoms. The molecule has 0 amide bonds. The molecule has 1 aromatic rings. The topological polar surface area (TPSA) is 45.8 Å². The van der Waals surface area contributed by atoms with Crippen LogP contribution in [0.5, 0.6) is 0 Å². The van der Waals surface area contributed by atoms with Gasteiger partial charge in [-0.2, -0.15) is 0 Å². The molecule has 1 saturated carbocycles. The molecule has 2 rings (SSSR count). The zero-order valence-electron chi connectivity index (χ0n) is 12.9. The number of nitrogens with one attached hydrogen (secondary N) is 1. The molecule has 0 aromatic carbocycles. The minimum atomic E-state index is 0.0380. The van der Waals surface area contributed by atoms with Crippen molar-refractivity contribution in [1.82, 2.24) is 9.97 Å². The minimum Gasteiger partial charge on any atom is -0.309 e. The molecule has 1 aliphatic carbocycles. The van der Waals surface area contributed by atoms with Gasteiger partial charge in [-0.15, -0.1) is 0 Å². The van der Waals surface area contributed by atoms with Crippen LogP contribution >= 0.6 is 22.6 Å². The maximum atomic E-state index is 12.1. The van der Waals surface area contributed by atoms with Gasteiger partial charge in [0.05, 0.1) is 9.26 Å². The van der Waals surface area contributed by atoms with Crippen LogP contribution in [0.15, 0.2) is 4.79 Å². The van der Waals surface area contributed by atoms with Gasteiger partial charge < -0.3 is 4.98 Å². The lowest BCUT2D eigenvalue weighted by Gasteiger charge is -2.33. The molecule has 20 heavy (non-hydrogen) atoms. The molecular weight excluding hydrogens is 363 g/mol. The normalized spacial score (nSPS) is 19.5. The first-order chi connectivity index (χ1) is 9.28. The lowest BCUT2D eigenvalue weighted by Crippen LogP contribution is -2.25. The van der Waals surface area contributed by atoms with Crippen molar-refractivity contribution in [3.05, 3.63) is 25.4 Å². The number of nitrogens with zero attached hydrogens (tertiary/aromatic N) is 1. The molecule has 112 valence electrons. The fourth-order valence-corrected chi connectivity index (χ4v) is 3.39. The van der Waals surface area contributed by atoms with E-state index in [2.05, 4.69) is 55.3 Å². The summed E-state index contributed by atoms with van der Waals surface area (Å²) in [6.45, 7) is 9.00. The Kier molecular flexibility index (Phi) is 4.92. The third-order valence-electron chi connectivity index (χ3n) is 4.28. The van der Waals surface area contributed by atoms with Crippen molar-refractivity contribution in [2.24, 2.45) is 11.3 Å². The average molecular weight is 388 g/mol. The van der Waals surface area contributed by atoms with Crippen LogP contribution in [0.1, 0.15) is 70.8 Å². The molecule has 1 N–H and O–H groups in total. The molecule has 0 unspecified atom stereocenters. The summed E-state index contributed by atoms with van der Waals surface area (Å²) < 4.78 is 0.760. The molecule has 1 aliphatic rings. The Morgan fingerprint density at radius 3 is 2.50 bits per heavy atom. The van der Waals surface area contributed by atoms with E-state index in [-0.39, 0.29) is 5.56 Å². The van der Waals surface area contributed by atoms with Crippen LogP contribution < -0.4 is 5.56 Å². The lowest BCUT2D eigenvalue weighted by atomic mass is 9.73. The first kappa shape index (κ1) is 16.0. The first-order valence-electron chi connectivity index (χ1n) is 7.57. The van der Waals surface area contributed by atoms with Crippen molar-refractivity contribution < 1.29 is 0 Å². The SMILES string of the molecule is CC(C)Cc1nc(C2CCC(C)(C)CC2)[nH]c(=O)c1I. The van der Waals surface area contributed by atoms with Crippen molar-refractivity contribution in [3.63, 3.8) is 0 Å². The molecule has 1 heterocycles. The van der Waals surface area contributed by atoms with Crippen LogP contribution in [0.4, 0.5) is 0 Å². The van der Waals surface area contributed by atoms with Gasteiger partial charge in [0.15, 0.2) is 0 Å². The Hall–Kier alpha value is -0.390. The van der Waals surface area contributed by atoms with Crippen LogP contribution in [-0.2, 0) is 6.42 Å². The Balaban J connectivity index is 2.25. The van der Waals surface area contributed by atoms with Gasteiger partial charge in [0.25, 0.3) is 5.56 Å². The summed E-state index contributed by atoms with van der Waals surface area (Å²) in [4.78, 5) is 19.9. The van der Waals surface area contributed by atoms with Crippen molar-refractivity contribution >= 4 is 22.6 Å². The maximum absolute atomic E-state index is 12.1. The summed E-state index contributed by atoms with van der Waals surface area (Å²) >= 11 is 2.13. The van der Waals surface area contributed by atoms with Crippen molar-refractivity contribution in [1.29, 1.82) is 0 Å². The molecule has 3 nitrogen and oxygen atoms in total. The lowest BCUT2D eigenvalue weighted by molar-refractivity contribution is 0.220. The molecule has 0 radical (unpaired) electrons. The predicted molar refractivity (Wildman–Crippen MR) is 91.1 cm³/mol. The zero-order chi connectivity index (χ0) is 14.9. The van der Waals surface area contributed by atoms with Crippen LogP contribution in [0.25, 0.3) is 0 Å². The monoisotopic (exact) mass is 388 g/mol. The van der Waals surface area contributed by atoms with E-state index in [9.17, 15) is 4.79 Å². The Bertz CT molecular complexity index is 524. The summed E-state index contributed by atoms with van der Waals surface area (Å²) in [5.74, 6) is 1.87. The fraction of sp³-hybridized carbons (Fsp3) is 0.750. The second-order valence-electron chi connectivity index (χ2n) is 7.25. The van der Waals surface area contributed by atoms with E-state index in [4.69, 9.17) is 4.98 Å². The van der Waals surface area contributed by atoms with Gasteiger partial charge >= 0.3 is 0 Å². The first-order valence-corrected chi connectivity index (χ1v) is 8.65. The molecule has 1 aromatic heterocycles. The van der Waals surface area contributed by atoms with E-state index >= 15 is 0 Å². The van der Waals surface area contributed by atoms with E-state index in [1.807, 2.05) is 0 Å². The van der Waals surface area contributed by atoms with E-state index in [0.717, 1.165) is 34.4 Å². The highest BCUT2D eigenvalue weighted by Gasteiger charge is 2.29. The molecule has 0 atom stereocenters. The molecule has 0 saturated heterocycles. The quantitative estimate of drug-likeness (QED) is 0.787. The molecule has 0 spiro atoms. The van der Waals surface area contributed by atoms with Gasteiger partial charge in [-0.3, -0.25) is 4.79 Å². The number of rotatable bonds is 3. The summed E-state index contributed by atoms with van der Waals surface area (Å²) in [6, 6.07) is 0. The van der Waals surface area contributed by atoms with Crippen LogP contribution in [0.3, 0.4) is 0 Å². The van der Waals surface area contributed by atoms with Gasteiger partial charge in [-0.05, 0) is 66.0 Å². The fourth-order valence-electron chi connectivity index (χ4n) is 2.91. The van der Waals surface area contributed by atoms with Gasteiger partial charge in [0, 0.05) is 5.92 Å². The number of aromatic nitrogens is 2. The van der Waals surface area contributed by atoms with Crippen LogP contribution in [0.2, 0.25) is 0 Å². The van der Waals surface area contributed by atoms with E-state index in [1.54, 1.807) is 0 Å². The Morgan fingerprint density at radius 1 is 1.35 bits per heavy atom. The summed E-state index contributed by atoms with van der Waals surface area (Å²) in [5.41, 5.74) is 1.46. The van der Waals surface area contributed by atoms with E-state index < -0.39 is 0 Å². The molecule has 4 heteroatoms. The number of aromatic amines is 1. The second kappa shape index (κ2) is 6.16. The van der Waals surface area contributed by atoms with Gasteiger partial charge in [0.1, 0.15) is 5.82 Å². The third-order valence-corrected chi connectivity index (χ3v) is 5.39. The van der Waals surface area contributed by atoms with E-state index in [1.165, 1.54) is 12.8 Å². The third kappa shape index (κ3) is 3.83. The van der Waals surface area contributed by atoms with E-state index in [0.29, 0.717) is 17.3 Å². The summed E-state index contributed by atoms with van der Waals surface area (Å²) in [5, 5.41) is 0. The predicted octanol–water partition coefficient (Wildman–Crippen LogP) is 4.26. The average Bonchev–Trinajstić information content (AvgIpc) is 2.34.